The summed E-state index contributed by atoms with van der Waals surface area (Å²) < 4.78 is 1.09. The topological polar surface area (TPSA) is 29.3 Å². The van der Waals surface area contributed by atoms with Crippen LogP contribution in [0.3, 0.4) is 0 Å². The molecule has 0 heterocycles. The fraction of sp³-hybridized carbons (Fsp3) is 0.333. The van der Waals surface area contributed by atoms with E-state index in [4.69, 9.17) is 5.73 Å². The van der Waals surface area contributed by atoms with Crippen molar-refractivity contribution in [2.24, 2.45) is 5.73 Å². The molecule has 0 fully saturated rings. The quantitative estimate of drug-likeness (QED) is 0.845. The lowest BCUT2D eigenvalue weighted by Gasteiger charge is -2.20. The lowest BCUT2D eigenvalue weighted by Crippen LogP contribution is -2.23. The van der Waals surface area contributed by atoms with Gasteiger partial charge in [-0.15, -0.1) is 0 Å². The Bertz CT molecular complexity index is 548. The summed E-state index contributed by atoms with van der Waals surface area (Å²) in [6, 6.07) is 17.1. The van der Waals surface area contributed by atoms with Crippen molar-refractivity contribution in [1.82, 2.24) is 4.90 Å². The van der Waals surface area contributed by atoms with Gasteiger partial charge < -0.3 is 10.6 Å². The van der Waals surface area contributed by atoms with Gasteiger partial charge in [0.2, 0.25) is 0 Å². The maximum atomic E-state index is 6.26. The SMILES string of the molecule is Cc1ccc(CN(C)CCC(N)c2ccc(Br)cc2)cc1. The van der Waals surface area contributed by atoms with Gasteiger partial charge in [0.25, 0.3) is 0 Å². The van der Waals surface area contributed by atoms with E-state index in [9.17, 15) is 0 Å². The van der Waals surface area contributed by atoms with Gasteiger partial charge in [0.05, 0.1) is 0 Å². The number of nitrogens with zero attached hydrogens (tertiary/aromatic N) is 1. The summed E-state index contributed by atoms with van der Waals surface area (Å²) in [5.41, 5.74) is 10.1. The van der Waals surface area contributed by atoms with Crippen LogP contribution >= 0.6 is 15.9 Å². The Balaban J connectivity index is 1.81. The third-order valence-corrected chi connectivity index (χ3v) is 4.22. The van der Waals surface area contributed by atoms with Crippen LogP contribution < -0.4 is 5.73 Å². The molecule has 0 amide bonds. The second kappa shape index (κ2) is 7.74. The van der Waals surface area contributed by atoms with Gasteiger partial charge in [0.15, 0.2) is 0 Å². The second-order valence-electron chi connectivity index (χ2n) is 5.67. The van der Waals surface area contributed by atoms with E-state index in [0.717, 1.165) is 24.0 Å². The normalized spacial score (nSPS) is 12.6. The van der Waals surface area contributed by atoms with Crippen LogP contribution in [0.4, 0.5) is 0 Å². The Morgan fingerprint density at radius 2 is 1.67 bits per heavy atom. The molecule has 0 aromatic heterocycles. The van der Waals surface area contributed by atoms with Gasteiger partial charge in [0.1, 0.15) is 0 Å². The number of hydrogen-bond acceptors (Lipinski definition) is 2. The number of rotatable bonds is 6. The van der Waals surface area contributed by atoms with Gasteiger partial charge in [0, 0.05) is 17.1 Å². The highest BCUT2D eigenvalue weighted by Crippen LogP contribution is 2.18. The Morgan fingerprint density at radius 1 is 1.05 bits per heavy atom. The van der Waals surface area contributed by atoms with Crippen molar-refractivity contribution >= 4 is 15.9 Å². The van der Waals surface area contributed by atoms with E-state index in [2.05, 4.69) is 71.2 Å². The first kappa shape index (κ1) is 16.2. The van der Waals surface area contributed by atoms with Crippen LogP contribution in [0.25, 0.3) is 0 Å². The molecule has 0 spiro atoms. The molecule has 112 valence electrons. The van der Waals surface area contributed by atoms with Crippen molar-refractivity contribution in [1.29, 1.82) is 0 Å². The summed E-state index contributed by atoms with van der Waals surface area (Å²) in [6.07, 6.45) is 0.962. The van der Waals surface area contributed by atoms with Crippen LogP contribution in [0.15, 0.2) is 53.0 Å². The lowest BCUT2D eigenvalue weighted by molar-refractivity contribution is 0.311. The number of nitrogens with two attached hydrogens (primary N) is 1. The van der Waals surface area contributed by atoms with Crippen LogP contribution in [0.5, 0.6) is 0 Å². The highest BCUT2D eigenvalue weighted by Gasteiger charge is 2.08. The summed E-state index contributed by atoms with van der Waals surface area (Å²) >= 11 is 3.45. The molecule has 2 nitrogen and oxygen atoms in total. The molecular formula is C18H23BrN2. The van der Waals surface area contributed by atoms with Crippen LogP contribution in [0.1, 0.15) is 29.2 Å². The molecule has 0 saturated heterocycles. The van der Waals surface area contributed by atoms with Gasteiger partial charge >= 0.3 is 0 Å². The summed E-state index contributed by atoms with van der Waals surface area (Å²) in [5, 5.41) is 0. The molecule has 2 rings (SSSR count). The molecule has 0 radical (unpaired) electrons. The fourth-order valence-electron chi connectivity index (χ4n) is 2.32. The monoisotopic (exact) mass is 346 g/mol. The number of hydrogen-bond donors (Lipinski definition) is 1. The second-order valence-corrected chi connectivity index (χ2v) is 6.59. The van der Waals surface area contributed by atoms with E-state index in [1.54, 1.807) is 0 Å². The third kappa shape index (κ3) is 5.27. The van der Waals surface area contributed by atoms with E-state index in [-0.39, 0.29) is 6.04 Å². The Labute approximate surface area is 136 Å². The van der Waals surface area contributed by atoms with Crippen molar-refractivity contribution in [2.75, 3.05) is 13.6 Å². The van der Waals surface area contributed by atoms with Gasteiger partial charge in [-0.2, -0.15) is 0 Å². The zero-order chi connectivity index (χ0) is 15.2. The van der Waals surface area contributed by atoms with Gasteiger partial charge in [-0.25, -0.2) is 0 Å². The average Bonchev–Trinajstić information content (AvgIpc) is 2.48. The highest BCUT2D eigenvalue weighted by molar-refractivity contribution is 9.10. The Morgan fingerprint density at radius 3 is 2.29 bits per heavy atom. The van der Waals surface area contributed by atoms with Crippen molar-refractivity contribution in [3.63, 3.8) is 0 Å². The Kier molecular flexibility index (Phi) is 5.97. The molecule has 1 atom stereocenters. The van der Waals surface area contributed by atoms with Gasteiger partial charge in [-0.05, 0) is 50.2 Å². The van der Waals surface area contributed by atoms with Crippen LogP contribution in [0.2, 0.25) is 0 Å². The standard InChI is InChI=1S/C18H23BrN2/c1-14-3-5-15(6-4-14)13-21(2)12-11-18(20)16-7-9-17(19)10-8-16/h3-10,18H,11-13,20H2,1-2H3. The molecule has 2 aromatic rings. The molecule has 0 aliphatic rings. The molecule has 0 saturated carbocycles. The smallest absolute Gasteiger partial charge is 0.0307 e. The summed E-state index contributed by atoms with van der Waals surface area (Å²) in [6.45, 7) is 4.07. The maximum Gasteiger partial charge on any atom is 0.0307 e. The molecule has 0 bridgehead atoms. The van der Waals surface area contributed by atoms with Crippen LogP contribution in [-0.2, 0) is 6.54 Å². The van der Waals surface area contributed by atoms with Crippen molar-refractivity contribution in [3.05, 3.63) is 69.7 Å². The molecule has 2 aromatic carbocycles. The highest BCUT2D eigenvalue weighted by atomic mass is 79.9. The van der Waals surface area contributed by atoms with Crippen molar-refractivity contribution < 1.29 is 0 Å². The fourth-order valence-corrected chi connectivity index (χ4v) is 2.58. The number of halogens is 1. The van der Waals surface area contributed by atoms with Crippen molar-refractivity contribution in [2.45, 2.75) is 25.9 Å². The van der Waals surface area contributed by atoms with E-state index in [1.165, 1.54) is 16.7 Å². The summed E-state index contributed by atoms with van der Waals surface area (Å²) in [4.78, 5) is 2.32. The van der Waals surface area contributed by atoms with Crippen molar-refractivity contribution in [3.8, 4) is 0 Å². The first-order valence-electron chi connectivity index (χ1n) is 7.30. The average molecular weight is 347 g/mol. The van der Waals surface area contributed by atoms with Gasteiger partial charge in [-0.3, -0.25) is 0 Å². The molecule has 3 heteroatoms. The lowest BCUT2D eigenvalue weighted by atomic mass is 10.0. The number of aryl methyl sites for hydroxylation is 1. The molecular weight excluding hydrogens is 324 g/mol. The minimum Gasteiger partial charge on any atom is -0.324 e. The maximum absolute atomic E-state index is 6.26. The van der Waals surface area contributed by atoms with E-state index in [1.807, 2.05) is 12.1 Å². The van der Waals surface area contributed by atoms with E-state index >= 15 is 0 Å². The minimum atomic E-state index is 0.0959. The van der Waals surface area contributed by atoms with Crippen LogP contribution in [0, 0.1) is 6.92 Å². The van der Waals surface area contributed by atoms with E-state index < -0.39 is 0 Å². The molecule has 2 N–H and O–H groups in total. The number of benzene rings is 2. The summed E-state index contributed by atoms with van der Waals surface area (Å²) in [7, 11) is 2.15. The molecule has 21 heavy (non-hydrogen) atoms. The Hall–Kier alpha value is -1.16. The minimum absolute atomic E-state index is 0.0959. The zero-order valence-electron chi connectivity index (χ0n) is 12.7. The predicted molar refractivity (Wildman–Crippen MR) is 93.2 cm³/mol. The van der Waals surface area contributed by atoms with Crippen LogP contribution in [-0.4, -0.2) is 18.5 Å². The van der Waals surface area contributed by atoms with Gasteiger partial charge in [-0.1, -0.05) is 57.9 Å². The third-order valence-electron chi connectivity index (χ3n) is 3.69. The zero-order valence-corrected chi connectivity index (χ0v) is 14.3. The first-order valence-corrected chi connectivity index (χ1v) is 8.09. The first-order chi connectivity index (χ1) is 10.0. The molecule has 0 aliphatic carbocycles. The molecule has 1 unspecified atom stereocenters. The molecule has 0 aliphatic heterocycles. The van der Waals surface area contributed by atoms with E-state index in [0.29, 0.717) is 0 Å². The predicted octanol–water partition coefficient (Wildman–Crippen LogP) is 4.28. The largest absolute Gasteiger partial charge is 0.324 e. The summed E-state index contributed by atoms with van der Waals surface area (Å²) in [5.74, 6) is 0.